The van der Waals surface area contributed by atoms with E-state index in [2.05, 4.69) is 21.2 Å². The molecule has 1 aromatic carbocycles. The SMILES string of the molecule is CCCCOC(=O)C(CC)Sc1cc(NC(=O)CCC)c(F)cc1Br. The van der Waals surface area contributed by atoms with Gasteiger partial charge in [-0.25, -0.2) is 4.39 Å². The molecule has 4 nitrogen and oxygen atoms in total. The zero-order valence-electron chi connectivity index (χ0n) is 14.9. The molecule has 0 aromatic heterocycles. The van der Waals surface area contributed by atoms with Crippen LogP contribution in [0, 0.1) is 5.82 Å². The van der Waals surface area contributed by atoms with Crippen molar-refractivity contribution in [1.82, 2.24) is 0 Å². The number of rotatable bonds is 10. The standard InChI is InChI=1S/C18H25BrFNO3S/c1-4-7-9-24-18(23)15(6-3)25-16-11-14(13(20)10-12(16)19)21-17(22)8-5-2/h10-11,15H,4-9H2,1-3H3,(H,21,22). The van der Waals surface area contributed by atoms with Crippen molar-refractivity contribution in [2.24, 2.45) is 0 Å². The number of carbonyl (C=O) groups is 2. The lowest BCUT2D eigenvalue weighted by Gasteiger charge is -2.16. The van der Waals surface area contributed by atoms with Crippen molar-refractivity contribution in [3.63, 3.8) is 0 Å². The van der Waals surface area contributed by atoms with Crippen molar-refractivity contribution in [3.05, 3.63) is 22.4 Å². The molecule has 0 fully saturated rings. The molecule has 1 N–H and O–H groups in total. The lowest BCUT2D eigenvalue weighted by molar-refractivity contribution is -0.143. The van der Waals surface area contributed by atoms with Crippen molar-refractivity contribution in [2.75, 3.05) is 11.9 Å². The molecule has 1 amide bonds. The highest BCUT2D eigenvalue weighted by atomic mass is 79.9. The number of nitrogens with one attached hydrogen (secondary N) is 1. The molecule has 0 saturated heterocycles. The number of hydrogen-bond donors (Lipinski definition) is 1. The molecule has 0 radical (unpaired) electrons. The van der Waals surface area contributed by atoms with Gasteiger partial charge in [0.05, 0.1) is 12.3 Å². The topological polar surface area (TPSA) is 55.4 Å². The number of unbranched alkanes of at least 4 members (excludes halogenated alkanes) is 1. The molecule has 0 aliphatic rings. The van der Waals surface area contributed by atoms with Gasteiger partial charge in [0.1, 0.15) is 11.1 Å². The quantitative estimate of drug-likeness (QED) is 0.298. The first-order valence-electron chi connectivity index (χ1n) is 8.55. The predicted octanol–water partition coefficient (Wildman–Crippen LogP) is 5.54. The largest absolute Gasteiger partial charge is 0.465 e. The molecule has 0 bridgehead atoms. The van der Waals surface area contributed by atoms with Crippen LogP contribution in [0.5, 0.6) is 0 Å². The Balaban J connectivity index is 2.88. The Morgan fingerprint density at radius 3 is 2.60 bits per heavy atom. The zero-order chi connectivity index (χ0) is 18.8. The molecule has 140 valence electrons. The third kappa shape index (κ3) is 7.36. The smallest absolute Gasteiger partial charge is 0.319 e. The fourth-order valence-electron chi connectivity index (χ4n) is 2.02. The monoisotopic (exact) mass is 433 g/mol. The zero-order valence-corrected chi connectivity index (χ0v) is 17.3. The molecule has 0 heterocycles. The molecule has 1 atom stereocenters. The highest BCUT2D eigenvalue weighted by Gasteiger charge is 2.22. The summed E-state index contributed by atoms with van der Waals surface area (Å²) in [7, 11) is 0. The maximum absolute atomic E-state index is 14.1. The van der Waals surface area contributed by atoms with E-state index in [4.69, 9.17) is 4.74 Å². The molecule has 0 saturated carbocycles. The summed E-state index contributed by atoms with van der Waals surface area (Å²) in [5, 5.41) is 2.20. The van der Waals surface area contributed by atoms with Crippen LogP contribution < -0.4 is 5.32 Å². The first kappa shape index (κ1) is 22.0. The molecule has 1 rings (SSSR count). The van der Waals surface area contributed by atoms with Crippen LogP contribution in [0.3, 0.4) is 0 Å². The van der Waals surface area contributed by atoms with Crippen LogP contribution in [0.25, 0.3) is 0 Å². The van der Waals surface area contributed by atoms with Crippen LogP contribution in [0.1, 0.15) is 52.9 Å². The number of ether oxygens (including phenoxy) is 1. The van der Waals surface area contributed by atoms with E-state index in [0.717, 1.165) is 12.8 Å². The Hall–Kier alpha value is -1.08. The van der Waals surface area contributed by atoms with Crippen molar-refractivity contribution < 1.29 is 18.7 Å². The first-order chi connectivity index (χ1) is 11.9. The highest BCUT2D eigenvalue weighted by Crippen LogP contribution is 2.36. The van der Waals surface area contributed by atoms with Crippen LogP contribution >= 0.6 is 27.7 Å². The van der Waals surface area contributed by atoms with Gasteiger partial charge in [0.15, 0.2) is 0 Å². The molecule has 1 unspecified atom stereocenters. The third-order valence-electron chi connectivity index (χ3n) is 3.42. The summed E-state index contributed by atoms with van der Waals surface area (Å²) >= 11 is 4.63. The second kappa shape index (κ2) is 11.5. The molecular weight excluding hydrogens is 409 g/mol. The summed E-state index contributed by atoms with van der Waals surface area (Å²) in [6.07, 6.45) is 3.41. The van der Waals surface area contributed by atoms with Crippen molar-refractivity contribution in [3.8, 4) is 0 Å². The number of thioether (sulfide) groups is 1. The Labute approximate surface area is 161 Å². The van der Waals surface area contributed by atoms with Crippen molar-refractivity contribution >= 4 is 45.3 Å². The Bertz CT molecular complexity index is 598. The van der Waals surface area contributed by atoms with Gasteiger partial charge in [-0.1, -0.05) is 27.2 Å². The highest BCUT2D eigenvalue weighted by molar-refractivity contribution is 9.10. The van der Waals surface area contributed by atoms with Gasteiger partial charge in [-0.05, 0) is 47.3 Å². The number of carbonyl (C=O) groups excluding carboxylic acids is 2. The lowest BCUT2D eigenvalue weighted by atomic mass is 10.2. The fraction of sp³-hybridized carbons (Fsp3) is 0.556. The minimum absolute atomic E-state index is 0.123. The van der Waals surface area contributed by atoms with Gasteiger partial charge < -0.3 is 10.1 Å². The molecular formula is C18H25BrFNO3S. The average Bonchev–Trinajstić information content (AvgIpc) is 2.56. The molecule has 0 aliphatic carbocycles. The van der Waals surface area contributed by atoms with Gasteiger partial charge >= 0.3 is 5.97 Å². The van der Waals surface area contributed by atoms with E-state index in [1.165, 1.54) is 17.8 Å². The number of benzene rings is 1. The average molecular weight is 434 g/mol. The van der Waals surface area contributed by atoms with Gasteiger partial charge in [-0.2, -0.15) is 0 Å². The van der Waals surface area contributed by atoms with E-state index < -0.39 is 5.82 Å². The van der Waals surface area contributed by atoms with Gasteiger partial charge in [-0.3, -0.25) is 9.59 Å². The Morgan fingerprint density at radius 1 is 1.28 bits per heavy atom. The Morgan fingerprint density at radius 2 is 2.00 bits per heavy atom. The molecule has 0 aliphatic heterocycles. The predicted molar refractivity (Wildman–Crippen MR) is 103 cm³/mol. The maximum Gasteiger partial charge on any atom is 0.319 e. The van der Waals surface area contributed by atoms with Crippen LogP contribution in [-0.4, -0.2) is 23.7 Å². The minimum Gasteiger partial charge on any atom is -0.465 e. The summed E-state index contributed by atoms with van der Waals surface area (Å²) < 4.78 is 19.9. The lowest BCUT2D eigenvalue weighted by Crippen LogP contribution is -2.20. The summed E-state index contributed by atoms with van der Waals surface area (Å²) in [4.78, 5) is 24.6. The van der Waals surface area contributed by atoms with Crippen LogP contribution in [0.2, 0.25) is 0 Å². The van der Waals surface area contributed by atoms with Gasteiger partial charge in [-0.15, -0.1) is 11.8 Å². The van der Waals surface area contributed by atoms with E-state index in [-0.39, 0.29) is 22.8 Å². The maximum atomic E-state index is 14.1. The van der Waals surface area contributed by atoms with Gasteiger partial charge in [0.2, 0.25) is 5.91 Å². The Kier molecular flexibility index (Phi) is 10.1. The summed E-state index contributed by atoms with van der Waals surface area (Å²) in [5.41, 5.74) is 0.123. The molecule has 25 heavy (non-hydrogen) atoms. The molecule has 1 aromatic rings. The first-order valence-corrected chi connectivity index (χ1v) is 10.2. The van der Waals surface area contributed by atoms with Crippen LogP contribution in [0.15, 0.2) is 21.5 Å². The van der Waals surface area contributed by atoms with Crippen LogP contribution in [0.4, 0.5) is 10.1 Å². The van der Waals surface area contributed by atoms with Crippen LogP contribution in [-0.2, 0) is 14.3 Å². The fourth-order valence-corrected chi connectivity index (χ4v) is 3.61. The number of hydrogen-bond acceptors (Lipinski definition) is 4. The van der Waals surface area contributed by atoms with E-state index in [1.54, 1.807) is 6.07 Å². The van der Waals surface area contributed by atoms with E-state index in [9.17, 15) is 14.0 Å². The third-order valence-corrected chi connectivity index (χ3v) is 5.74. The summed E-state index contributed by atoms with van der Waals surface area (Å²) in [6, 6.07) is 2.86. The van der Waals surface area contributed by atoms with E-state index in [0.29, 0.717) is 35.2 Å². The second-order valence-corrected chi connectivity index (χ2v) is 7.70. The second-order valence-electron chi connectivity index (χ2n) is 5.60. The van der Waals surface area contributed by atoms with Crippen molar-refractivity contribution in [1.29, 1.82) is 0 Å². The van der Waals surface area contributed by atoms with E-state index >= 15 is 0 Å². The summed E-state index contributed by atoms with van der Waals surface area (Å²) in [6.45, 7) is 6.23. The number of anilines is 1. The molecule has 7 heteroatoms. The van der Waals surface area contributed by atoms with Gasteiger partial charge in [0.25, 0.3) is 0 Å². The van der Waals surface area contributed by atoms with Crippen molar-refractivity contribution in [2.45, 2.75) is 63.0 Å². The van der Waals surface area contributed by atoms with E-state index in [1.807, 2.05) is 20.8 Å². The number of halogens is 2. The molecule has 0 spiro atoms. The number of amides is 1. The number of esters is 1. The minimum atomic E-state index is -0.515. The van der Waals surface area contributed by atoms with Gasteiger partial charge in [0, 0.05) is 15.8 Å². The summed E-state index contributed by atoms with van der Waals surface area (Å²) in [5.74, 6) is -1.02. The normalized spacial score (nSPS) is 11.9.